The topological polar surface area (TPSA) is 134 Å². The molecular weight excluding hydrogens is 440 g/mol. The third kappa shape index (κ3) is 8.68. The van der Waals surface area contributed by atoms with E-state index in [2.05, 4.69) is 5.32 Å². The Balaban J connectivity index is 2.15. The Labute approximate surface area is 198 Å². The van der Waals surface area contributed by atoms with Crippen LogP contribution in [0.5, 0.6) is 5.75 Å². The van der Waals surface area contributed by atoms with E-state index >= 15 is 0 Å². The zero-order chi connectivity index (χ0) is 24.9. The number of rotatable bonds is 12. The van der Waals surface area contributed by atoms with Gasteiger partial charge in [-0.1, -0.05) is 25.1 Å². The van der Waals surface area contributed by atoms with Gasteiger partial charge in [-0.05, 0) is 67.6 Å². The third-order valence-corrected chi connectivity index (χ3v) is 5.00. The summed E-state index contributed by atoms with van der Waals surface area (Å²) in [5.74, 6) is -0.297. The van der Waals surface area contributed by atoms with Gasteiger partial charge in [0.05, 0.1) is 6.61 Å². The van der Waals surface area contributed by atoms with Crippen LogP contribution in [0.25, 0.3) is 0 Å². The number of ketones is 1. The molecule has 0 spiro atoms. The summed E-state index contributed by atoms with van der Waals surface area (Å²) in [5.41, 5.74) is 3.26. The van der Waals surface area contributed by atoms with Crippen molar-refractivity contribution in [1.29, 1.82) is 0 Å². The van der Waals surface area contributed by atoms with Crippen LogP contribution in [0.3, 0.4) is 0 Å². The van der Waals surface area contributed by atoms with Crippen LogP contribution in [-0.2, 0) is 9.53 Å². The number of Topliss-reactive ketones (excluding diaryl/α,β-unsaturated/α-hetero) is 1. The molecule has 9 nitrogen and oxygen atoms in total. The van der Waals surface area contributed by atoms with E-state index < -0.39 is 18.1 Å². The lowest BCUT2D eigenvalue weighted by Crippen LogP contribution is -2.22. The third-order valence-electron chi connectivity index (χ3n) is 5.00. The maximum Gasteiger partial charge on any atom is 0.412 e. The number of ether oxygens (including phenoxy) is 2. The SMILES string of the molecule is CC(=O)c1ccc(NC(=O)O[C@H](c2cccc(OCCO)c2)[C@H](C)CC/C=C/C(=O)NO)cc1. The summed E-state index contributed by atoms with van der Waals surface area (Å²) in [4.78, 5) is 35.2. The molecule has 0 aromatic heterocycles. The summed E-state index contributed by atoms with van der Waals surface area (Å²) in [6.45, 7) is 3.39. The van der Waals surface area contributed by atoms with Crippen molar-refractivity contribution in [1.82, 2.24) is 5.48 Å². The number of anilines is 1. The predicted molar refractivity (Wildman–Crippen MR) is 126 cm³/mol. The fraction of sp³-hybridized carbons (Fsp3) is 0.320. The zero-order valence-corrected chi connectivity index (χ0v) is 19.2. The number of benzene rings is 2. The van der Waals surface area contributed by atoms with E-state index in [4.69, 9.17) is 19.8 Å². The Morgan fingerprint density at radius 3 is 2.50 bits per heavy atom. The van der Waals surface area contributed by atoms with Gasteiger partial charge < -0.3 is 14.6 Å². The van der Waals surface area contributed by atoms with Gasteiger partial charge in [0, 0.05) is 17.3 Å². The number of nitrogens with one attached hydrogen (secondary N) is 2. The fourth-order valence-electron chi connectivity index (χ4n) is 3.25. The Morgan fingerprint density at radius 2 is 1.85 bits per heavy atom. The molecule has 2 rings (SSSR count). The number of amides is 2. The first-order valence-electron chi connectivity index (χ1n) is 10.9. The Kier molecular flexibility index (Phi) is 10.8. The molecule has 0 radical (unpaired) electrons. The fourth-order valence-corrected chi connectivity index (χ4v) is 3.25. The summed E-state index contributed by atoms with van der Waals surface area (Å²) in [6, 6.07) is 13.6. The van der Waals surface area contributed by atoms with Gasteiger partial charge in [-0.3, -0.25) is 20.1 Å². The Bertz CT molecular complexity index is 989. The minimum Gasteiger partial charge on any atom is -0.491 e. The van der Waals surface area contributed by atoms with Gasteiger partial charge in [-0.15, -0.1) is 0 Å². The van der Waals surface area contributed by atoms with E-state index in [0.29, 0.717) is 35.4 Å². The highest BCUT2D eigenvalue weighted by Gasteiger charge is 2.24. The van der Waals surface area contributed by atoms with E-state index in [1.807, 2.05) is 13.0 Å². The normalized spacial score (nSPS) is 12.6. The molecule has 0 bridgehead atoms. The highest BCUT2D eigenvalue weighted by molar-refractivity contribution is 5.95. The van der Waals surface area contributed by atoms with Gasteiger partial charge in [0.15, 0.2) is 5.78 Å². The first kappa shape index (κ1) is 26.6. The standard InChI is InChI=1S/C25H30N2O7/c1-17(6-3-4-9-23(30)27-32)24(20-7-5-8-22(16-20)33-15-14-28)34-25(31)26-21-12-10-19(11-13-21)18(2)29/h4-5,7-13,16-17,24,28,32H,3,6,14-15H2,1-2H3,(H,26,31)(H,27,30)/b9-4+/t17-,24+/m1/s1. The highest BCUT2D eigenvalue weighted by Crippen LogP contribution is 2.32. The molecule has 0 fully saturated rings. The predicted octanol–water partition coefficient (Wildman–Crippen LogP) is 4.03. The highest BCUT2D eigenvalue weighted by atomic mass is 16.6. The van der Waals surface area contributed by atoms with Crippen LogP contribution < -0.4 is 15.5 Å². The van der Waals surface area contributed by atoms with Crippen LogP contribution >= 0.6 is 0 Å². The van der Waals surface area contributed by atoms with Crippen LogP contribution in [0.15, 0.2) is 60.7 Å². The van der Waals surface area contributed by atoms with Crippen molar-refractivity contribution in [3.63, 3.8) is 0 Å². The molecule has 2 aromatic carbocycles. The van der Waals surface area contributed by atoms with Gasteiger partial charge in [-0.25, -0.2) is 10.3 Å². The minimum atomic E-state index is -0.663. The molecule has 4 N–H and O–H groups in total. The average molecular weight is 471 g/mol. The van der Waals surface area contributed by atoms with Crippen molar-refractivity contribution in [2.24, 2.45) is 5.92 Å². The smallest absolute Gasteiger partial charge is 0.412 e. The molecule has 2 aromatic rings. The lowest BCUT2D eigenvalue weighted by molar-refractivity contribution is -0.124. The summed E-state index contributed by atoms with van der Waals surface area (Å²) in [6.07, 6.45) is 2.66. The van der Waals surface area contributed by atoms with Crippen molar-refractivity contribution < 1.29 is 34.2 Å². The number of hydrogen-bond acceptors (Lipinski definition) is 7. The molecule has 0 aliphatic carbocycles. The van der Waals surface area contributed by atoms with Gasteiger partial charge in [0.25, 0.3) is 5.91 Å². The molecular formula is C25H30N2O7. The van der Waals surface area contributed by atoms with Crippen molar-refractivity contribution >= 4 is 23.5 Å². The molecule has 0 aliphatic rings. The van der Waals surface area contributed by atoms with Crippen LogP contribution in [-0.4, -0.2) is 41.3 Å². The zero-order valence-electron chi connectivity index (χ0n) is 19.2. The second-order valence-corrected chi connectivity index (χ2v) is 7.66. The Morgan fingerprint density at radius 1 is 1.12 bits per heavy atom. The number of aliphatic hydroxyl groups is 1. The monoisotopic (exact) mass is 470 g/mol. The van der Waals surface area contributed by atoms with Gasteiger partial charge in [0.2, 0.25) is 0 Å². The quantitative estimate of drug-likeness (QED) is 0.159. The first-order chi connectivity index (χ1) is 16.3. The summed E-state index contributed by atoms with van der Waals surface area (Å²) in [5, 5.41) is 20.2. The number of aliphatic hydroxyl groups excluding tert-OH is 1. The van der Waals surface area contributed by atoms with Crippen molar-refractivity contribution in [2.45, 2.75) is 32.8 Å². The number of allylic oxidation sites excluding steroid dienone is 1. The molecule has 9 heteroatoms. The number of hydroxylamine groups is 1. The summed E-state index contributed by atoms with van der Waals surface area (Å²) < 4.78 is 11.3. The van der Waals surface area contributed by atoms with Gasteiger partial charge >= 0.3 is 6.09 Å². The van der Waals surface area contributed by atoms with Crippen LogP contribution in [0.1, 0.15) is 48.7 Å². The molecule has 0 heterocycles. The van der Waals surface area contributed by atoms with Gasteiger partial charge in [-0.2, -0.15) is 0 Å². The number of hydrogen-bond donors (Lipinski definition) is 4. The van der Waals surface area contributed by atoms with Crippen LogP contribution in [0.4, 0.5) is 10.5 Å². The molecule has 182 valence electrons. The lowest BCUT2D eigenvalue weighted by atomic mass is 9.93. The lowest BCUT2D eigenvalue weighted by Gasteiger charge is -2.25. The minimum absolute atomic E-state index is 0.0724. The van der Waals surface area contributed by atoms with E-state index in [-0.39, 0.29) is 24.9 Å². The molecule has 0 unspecified atom stereocenters. The molecule has 0 aliphatic heterocycles. The molecule has 0 saturated heterocycles. The van der Waals surface area contributed by atoms with E-state index in [1.54, 1.807) is 48.5 Å². The average Bonchev–Trinajstić information content (AvgIpc) is 2.84. The summed E-state index contributed by atoms with van der Waals surface area (Å²) in [7, 11) is 0. The Hall–Kier alpha value is -3.69. The molecule has 2 amide bonds. The van der Waals surface area contributed by atoms with E-state index in [0.717, 1.165) is 0 Å². The van der Waals surface area contributed by atoms with Crippen LogP contribution in [0, 0.1) is 5.92 Å². The van der Waals surface area contributed by atoms with Crippen molar-refractivity contribution in [3.8, 4) is 5.75 Å². The number of carbonyl (C=O) groups is 3. The molecule has 2 atom stereocenters. The van der Waals surface area contributed by atoms with E-state index in [9.17, 15) is 14.4 Å². The van der Waals surface area contributed by atoms with E-state index in [1.165, 1.54) is 18.5 Å². The molecule has 34 heavy (non-hydrogen) atoms. The van der Waals surface area contributed by atoms with Crippen molar-refractivity contribution in [3.05, 3.63) is 71.8 Å². The molecule has 0 saturated carbocycles. The second kappa shape index (κ2) is 13.8. The van der Waals surface area contributed by atoms with Crippen LogP contribution in [0.2, 0.25) is 0 Å². The largest absolute Gasteiger partial charge is 0.491 e. The number of carbonyl (C=O) groups excluding carboxylic acids is 3. The maximum atomic E-state index is 12.7. The summed E-state index contributed by atoms with van der Waals surface area (Å²) >= 11 is 0. The van der Waals surface area contributed by atoms with Crippen molar-refractivity contribution in [2.75, 3.05) is 18.5 Å². The maximum absolute atomic E-state index is 12.7. The second-order valence-electron chi connectivity index (χ2n) is 7.66. The van der Waals surface area contributed by atoms with Gasteiger partial charge in [0.1, 0.15) is 18.5 Å². The first-order valence-corrected chi connectivity index (χ1v) is 10.9.